The molecule has 2 heterocycles. The fourth-order valence-electron chi connectivity index (χ4n) is 2.86. The Balaban J connectivity index is 1.99. The average molecular weight is 335 g/mol. The number of para-hydroxylation sites is 1. The van der Waals surface area contributed by atoms with E-state index >= 15 is 0 Å². The molecule has 5 heteroatoms. The quantitative estimate of drug-likeness (QED) is 0.771. The molecule has 1 atom stereocenters. The molecule has 0 aliphatic carbocycles. The fourth-order valence-corrected chi connectivity index (χ4v) is 2.86. The maximum absolute atomic E-state index is 13.0. The van der Waals surface area contributed by atoms with E-state index in [1.54, 1.807) is 25.6 Å². The SMILES string of the molecule is COc1cc(C(=O)N[C@@H](c2cccnc2)C(C)C)c2ccccc2n1. The standard InChI is InChI=1S/C20H21N3O2/c1-13(2)19(14-7-6-10-21-12-14)23-20(24)16-11-18(25-3)22-17-9-5-4-8-15(16)17/h4-13,19H,1-3H3,(H,23,24)/t19-/m1/s1. The summed E-state index contributed by atoms with van der Waals surface area (Å²) in [5.74, 6) is 0.494. The van der Waals surface area contributed by atoms with Gasteiger partial charge in [-0.15, -0.1) is 0 Å². The largest absolute Gasteiger partial charge is 0.481 e. The zero-order chi connectivity index (χ0) is 17.8. The van der Waals surface area contributed by atoms with E-state index in [2.05, 4.69) is 29.1 Å². The number of rotatable bonds is 5. The Morgan fingerprint density at radius 2 is 1.96 bits per heavy atom. The lowest BCUT2D eigenvalue weighted by Crippen LogP contribution is -2.32. The van der Waals surface area contributed by atoms with Crippen LogP contribution in [-0.2, 0) is 0 Å². The van der Waals surface area contributed by atoms with Gasteiger partial charge in [-0.25, -0.2) is 4.98 Å². The summed E-state index contributed by atoms with van der Waals surface area (Å²) in [6.07, 6.45) is 3.51. The molecule has 3 rings (SSSR count). The molecule has 0 saturated carbocycles. The molecule has 0 unspecified atom stereocenters. The van der Waals surface area contributed by atoms with Crippen LogP contribution in [0.2, 0.25) is 0 Å². The molecular formula is C20H21N3O2. The molecule has 0 aliphatic heterocycles. The molecule has 0 aliphatic rings. The van der Waals surface area contributed by atoms with Crippen LogP contribution in [0.1, 0.15) is 35.8 Å². The Kier molecular flexibility index (Phi) is 4.93. The van der Waals surface area contributed by atoms with Crippen LogP contribution < -0.4 is 10.1 Å². The van der Waals surface area contributed by atoms with Crippen LogP contribution in [0.4, 0.5) is 0 Å². The summed E-state index contributed by atoms with van der Waals surface area (Å²) in [6.45, 7) is 4.15. The summed E-state index contributed by atoms with van der Waals surface area (Å²) in [7, 11) is 1.55. The van der Waals surface area contributed by atoms with Gasteiger partial charge in [-0.3, -0.25) is 9.78 Å². The zero-order valence-corrected chi connectivity index (χ0v) is 14.6. The molecule has 25 heavy (non-hydrogen) atoms. The van der Waals surface area contributed by atoms with E-state index in [0.29, 0.717) is 11.4 Å². The highest BCUT2D eigenvalue weighted by Crippen LogP contribution is 2.25. The first-order valence-corrected chi connectivity index (χ1v) is 8.24. The molecule has 0 fully saturated rings. The highest BCUT2D eigenvalue weighted by Gasteiger charge is 2.21. The first-order valence-electron chi connectivity index (χ1n) is 8.24. The number of aromatic nitrogens is 2. The summed E-state index contributed by atoms with van der Waals surface area (Å²) < 4.78 is 5.25. The molecule has 1 amide bonds. The maximum atomic E-state index is 13.0. The first kappa shape index (κ1) is 16.9. The number of hydrogen-bond acceptors (Lipinski definition) is 4. The first-order chi connectivity index (χ1) is 12.1. The lowest BCUT2D eigenvalue weighted by atomic mass is 9.96. The van der Waals surface area contributed by atoms with Gasteiger partial charge in [-0.1, -0.05) is 38.1 Å². The third-order valence-electron chi connectivity index (χ3n) is 4.14. The Hall–Kier alpha value is -2.95. The summed E-state index contributed by atoms with van der Waals surface area (Å²) in [6, 6.07) is 13.0. The summed E-state index contributed by atoms with van der Waals surface area (Å²) >= 11 is 0. The maximum Gasteiger partial charge on any atom is 0.252 e. The van der Waals surface area contributed by atoms with E-state index in [-0.39, 0.29) is 17.9 Å². The predicted molar refractivity (Wildman–Crippen MR) is 97.6 cm³/mol. The van der Waals surface area contributed by atoms with Crippen LogP contribution in [-0.4, -0.2) is 23.0 Å². The van der Waals surface area contributed by atoms with Crippen molar-refractivity contribution in [3.8, 4) is 5.88 Å². The van der Waals surface area contributed by atoms with Gasteiger partial charge >= 0.3 is 0 Å². The topological polar surface area (TPSA) is 64.1 Å². The van der Waals surface area contributed by atoms with Gasteiger partial charge in [-0.05, 0) is 23.6 Å². The molecule has 0 bridgehead atoms. The molecular weight excluding hydrogens is 314 g/mol. The second kappa shape index (κ2) is 7.30. The molecule has 5 nitrogen and oxygen atoms in total. The molecule has 0 spiro atoms. The number of hydrogen-bond donors (Lipinski definition) is 1. The van der Waals surface area contributed by atoms with Crippen molar-refractivity contribution >= 4 is 16.8 Å². The molecule has 1 N–H and O–H groups in total. The lowest BCUT2D eigenvalue weighted by Gasteiger charge is -2.23. The van der Waals surface area contributed by atoms with Crippen molar-refractivity contribution in [2.45, 2.75) is 19.9 Å². The molecule has 1 aromatic carbocycles. The van der Waals surface area contributed by atoms with Crippen molar-refractivity contribution in [1.82, 2.24) is 15.3 Å². The van der Waals surface area contributed by atoms with Crippen LogP contribution in [0.5, 0.6) is 5.88 Å². The minimum atomic E-state index is -0.153. The van der Waals surface area contributed by atoms with Gasteiger partial charge in [0.05, 0.1) is 24.2 Å². The number of amides is 1. The van der Waals surface area contributed by atoms with Gasteiger partial charge in [0.25, 0.3) is 5.91 Å². The van der Waals surface area contributed by atoms with Crippen molar-refractivity contribution in [1.29, 1.82) is 0 Å². The average Bonchev–Trinajstić information content (AvgIpc) is 2.65. The zero-order valence-electron chi connectivity index (χ0n) is 14.6. The Bertz CT molecular complexity index is 879. The van der Waals surface area contributed by atoms with Crippen molar-refractivity contribution in [3.63, 3.8) is 0 Å². The number of pyridine rings is 2. The summed E-state index contributed by atoms with van der Waals surface area (Å²) in [4.78, 5) is 21.6. The Morgan fingerprint density at radius 3 is 2.64 bits per heavy atom. The third-order valence-corrected chi connectivity index (χ3v) is 4.14. The van der Waals surface area contributed by atoms with E-state index in [1.165, 1.54) is 0 Å². The highest BCUT2D eigenvalue weighted by molar-refractivity contribution is 6.06. The number of methoxy groups -OCH3 is 1. The number of carbonyl (C=O) groups is 1. The number of nitrogens with zero attached hydrogens (tertiary/aromatic N) is 2. The van der Waals surface area contributed by atoms with E-state index in [9.17, 15) is 4.79 Å². The van der Waals surface area contributed by atoms with E-state index in [4.69, 9.17) is 4.74 Å². The van der Waals surface area contributed by atoms with Gasteiger partial charge in [0.15, 0.2) is 0 Å². The lowest BCUT2D eigenvalue weighted by molar-refractivity contribution is 0.0926. The number of ether oxygens (including phenoxy) is 1. The molecule has 2 aromatic heterocycles. The van der Waals surface area contributed by atoms with Gasteiger partial charge < -0.3 is 10.1 Å². The van der Waals surface area contributed by atoms with Crippen LogP contribution in [0.15, 0.2) is 54.9 Å². The van der Waals surface area contributed by atoms with Crippen LogP contribution in [0.25, 0.3) is 10.9 Å². The van der Waals surface area contributed by atoms with Crippen molar-refractivity contribution in [3.05, 3.63) is 66.0 Å². The third kappa shape index (κ3) is 3.60. The Labute approximate surface area is 147 Å². The number of carbonyl (C=O) groups excluding carboxylic acids is 1. The second-order valence-electron chi connectivity index (χ2n) is 6.21. The fraction of sp³-hybridized carbons (Fsp3) is 0.250. The van der Waals surface area contributed by atoms with Crippen molar-refractivity contribution in [2.24, 2.45) is 5.92 Å². The molecule has 128 valence electrons. The number of nitrogens with one attached hydrogen (secondary N) is 1. The van der Waals surface area contributed by atoms with E-state index in [0.717, 1.165) is 16.5 Å². The van der Waals surface area contributed by atoms with Crippen molar-refractivity contribution < 1.29 is 9.53 Å². The van der Waals surface area contributed by atoms with E-state index < -0.39 is 0 Å². The van der Waals surface area contributed by atoms with Crippen LogP contribution >= 0.6 is 0 Å². The monoisotopic (exact) mass is 335 g/mol. The van der Waals surface area contributed by atoms with Crippen LogP contribution in [0, 0.1) is 5.92 Å². The van der Waals surface area contributed by atoms with Crippen molar-refractivity contribution in [2.75, 3.05) is 7.11 Å². The Morgan fingerprint density at radius 1 is 1.16 bits per heavy atom. The minimum Gasteiger partial charge on any atom is -0.481 e. The number of benzene rings is 1. The molecule has 0 saturated heterocycles. The highest BCUT2D eigenvalue weighted by atomic mass is 16.5. The summed E-state index contributed by atoms with van der Waals surface area (Å²) in [5, 5.41) is 3.93. The summed E-state index contributed by atoms with van der Waals surface area (Å²) in [5.41, 5.74) is 2.27. The number of fused-ring (bicyclic) bond motifs is 1. The van der Waals surface area contributed by atoms with Crippen LogP contribution in [0.3, 0.4) is 0 Å². The smallest absolute Gasteiger partial charge is 0.252 e. The molecule has 3 aromatic rings. The normalized spacial score (nSPS) is 12.2. The van der Waals surface area contributed by atoms with E-state index in [1.807, 2.05) is 36.4 Å². The van der Waals surface area contributed by atoms with Gasteiger partial charge in [-0.2, -0.15) is 0 Å². The second-order valence-corrected chi connectivity index (χ2v) is 6.21. The molecule has 0 radical (unpaired) electrons. The van der Waals surface area contributed by atoms with Gasteiger partial charge in [0.2, 0.25) is 5.88 Å². The van der Waals surface area contributed by atoms with Gasteiger partial charge in [0, 0.05) is 23.8 Å². The minimum absolute atomic E-state index is 0.126. The van der Waals surface area contributed by atoms with Gasteiger partial charge in [0.1, 0.15) is 0 Å². The predicted octanol–water partition coefficient (Wildman–Crippen LogP) is 3.77.